The molecule has 2 N–H and O–H groups in total. The largest absolute Gasteiger partial charge is 0.349 e. The zero-order valence-electron chi connectivity index (χ0n) is 8.67. The second-order valence-electron chi connectivity index (χ2n) is 3.86. The van der Waals surface area contributed by atoms with Crippen LogP contribution in [0, 0.1) is 5.92 Å². The first-order valence-electron chi connectivity index (χ1n) is 4.88. The molecule has 0 saturated carbocycles. The van der Waals surface area contributed by atoms with Crippen molar-refractivity contribution in [1.82, 2.24) is 15.3 Å². The summed E-state index contributed by atoms with van der Waals surface area (Å²) in [6, 6.07) is 0.533. The van der Waals surface area contributed by atoms with Gasteiger partial charge in [0.1, 0.15) is 5.82 Å². The van der Waals surface area contributed by atoms with Crippen LogP contribution in [0.25, 0.3) is 0 Å². The normalized spacial score (nSPS) is 13.5. The summed E-state index contributed by atoms with van der Waals surface area (Å²) in [6.45, 7) is 4.49. The van der Waals surface area contributed by atoms with Crippen LogP contribution in [-0.2, 0) is 6.42 Å². The van der Waals surface area contributed by atoms with Crippen molar-refractivity contribution >= 4 is 0 Å². The highest BCUT2D eigenvalue weighted by Crippen LogP contribution is 2.07. The van der Waals surface area contributed by atoms with Crippen molar-refractivity contribution in [2.45, 2.75) is 32.7 Å². The van der Waals surface area contributed by atoms with Gasteiger partial charge in [-0.25, -0.2) is 4.98 Å². The number of aromatic nitrogens is 2. The number of likely N-dealkylation sites (N-methyl/N-ethyl adjacent to an activating group) is 1. The molecule has 0 amide bonds. The SMILES string of the molecule is CNC(Cc1ncc[nH]1)CC(C)C. The Morgan fingerprint density at radius 2 is 2.31 bits per heavy atom. The van der Waals surface area contributed by atoms with E-state index in [1.165, 1.54) is 6.42 Å². The van der Waals surface area contributed by atoms with Gasteiger partial charge in [0.15, 0.2) is 0 Å². The molecular formula is C10H19N3. The van der Waals surface area contributed by atoms with Crippen molar-refractivity contribution in [3.8, 4) is 0 Å². The number of rotatable bonds is 5. The van der Waals surface area contributed by atoms with E-state index in [0.29, 0.717) is 6.04 Å². The molecule has 0 aromatic carbocycles. The van der Waals surface area contributed by atoms with Gasteiger partial charge in [-0.2, -0.15) is 0 Å². The minimum absolute atomic E-state index is 0.533. The van der Waals surface area contributed by atoms with Gasteiger partial charge in [0.2, 0.25) is 0 Å². The van der Waals surface area contributed by atoms with E-state index < -0.39 is 0 Å². The van der Waals surface area contributed by atoms with Gasteiger partial charge in [-0.15, -0.1) is 0 Å². The van der Waals surface area contributed by atoms with Crippen LogP contribution >= 0.6 is 0 Å². The van der Waals surface area contributed by atoms with E-state index in [9.17, 15) is 0 Å². The number of aromatic amines is 1. The van der Waals surface area contributed by atoms with Crippen molar-refractivity contribution in [2.75, 3.05) is 7.05 Å². The second-order valence-corrected chi connectivity index (χ2v) is 3.86. The number of imidazole rings is 1. The molecule has 74 valence electrons. The molecule has 1 heterocycles. The number of hydrogen-bond acceptors (Lipinski definition) is 2. The van der Waals surface area contributed by atoms with Crippen LogP contribution in [0.15, 0.2) is 12.4 Å². The standard InChI is InChI=1S/C10H19N3/c1-8(2)6-9(11-3)7-10-12-4-5-13-10/h4-5,8-9,11H,6-7H2,1-3H3,(H,12,13). The topological polar surface area (TPSA) is 40.7 Å². The van der Waals surface area contributed by atoms with E-state index in [1.54, 1.807) is 6.20 Å². The Bertz CT molecular complexity index is 216. The maximum Gasteiger partial charge on any atom is 0.107 e. The monoisotopic (exact) mass is 181 g/mol. The van der Waals surface area contributed by atoms with Crippen LogP contribution in [0.5, 0.6) is 0 Å². The highest BCUT2D eigenvalue weighted by atomic mass is 14.9. The van der Waals surface area contributed by atoms with E-state index in [-0.39, 0.29) is 0 Å². The van der Waals surface area contributed by atoms with E-state index >= 15 is 0 Å². The Balaban J connectivity index is 2.40. The molecule has 0 aliphatic rings. The lowest BCUT2D eigenvalue weighted by Gasteiger charge is -2.16. The fourth-order valence-corrected chi connectivity index (χ4v) is 1.52. The predicted molar refractivity (Wildman–Crippen MR) is 54.6 cm³/mol. The molecule has 0 saturated heterocycles. The van der Waals surface area contributed by atoms with Crippen LogP contribution in [0.1, 0.15) is 26.1 Å². The molecule has 1 aromatic rings. The zero-order chi connectivity index (χ0) is 9.68. The van der Waals surface area contributed by atoms with Crippen LogP contribution < -0.4 is 5.32 Å². The first kappa shape index (κ1) is 10.3. The molecule has 3 heteroatoms. The highest BCUT2D eigenvalue weighted by molar-refractivity contribution is 4.91. The van der Waals surface area contributed by atoms with Crippen LogP contribution in [0.2, 0.25) is 0 Å². The third-order valence-corrected chi connectivity index (χ3v) is 2.16. The quantitative estimate of drug-likeness (QED) is 0.724. The smallest absolute Gasteiger partial charge is 0.107 e. The average Bonchev–Trinajstić information content (AvgIpc) is 2.55. The Morgan fingerprint density at radius 1 is 1.54 bits per heavy atom. The Hall–Kier alpha value is -0.830. The third kappa shape index (κ3) is 3.59. The molecule has 0 radical (unpaired) electrons. The molecule has 1 aromatic heterocycles. The number of H-pyrrole nitrogens is 1. The van der Waals surface area contributed by atoms with Gasteiger partial charge in [-0.05, 0) is 19.4 Å². The highest BCUT2D eigenvalue weighted by Gasteiger charge is 2.10. The molecule has 3 nitrogen and oxygen atoms in total. The average molecular weight is 181 g/mol. The summed E-state index contributed by atoms with van der Waals surface area (Å²) in [5, 5.41) is 3.31. The molecular weight excluding hydrogens is 162 g/mol. The van der Waals surface area contributed by atoms with Crippen molar-refractivity contribution in [3.63, 3.8) is 0 Å². The fraction of sp³-hybridized carbons (Fsp3) is 0.700. The molecule has 0 aliphatic carbocycles. The summed E-state index contributed by atoms with van der Waals surface area (Å²) >= 11 is 0. The summed E-state index contributed by atoms with van der Waals surface area (Å²) in [5.41, 5.74) is 0. The van der Waals surface area contributed by atoms with Crippen LogP contribution in [-0.4, -0.2) is 23.1 Å². The number of hydrogen-bond donors (Lipinski definition) is 2. The van der Waals surface area contributed by atoms with Crippen molar-refractivity contribution in [2.24, 2.45) is 5.92 Å². The lowest BCUT2D eigenvalue weighted by Crippen LogP contribution is -2.29. The van der Waals surface area contributed by atoms with Gasteiger partial charge in [-0.3, -0.25) is 0 Å². The molecule has 1 unspecified atom stereocenters. The predicted octanol–water partition coefficient (Wildman–Crippen LogP) is 1.59. The van der Waals surface area contributed by atoms with Crippen molar-refractivity contribution in [1.29, 1.82) is 0 Å². The van der Waals surface area contributed by atoms with E-state index in [4.69, 9.17) is 0 Å². The van der Waals surface area contributed by atoms with E-state index in [0.717, 1.165) is 18.2 Å². The Labute approximate surface area is 80.0 Å². The van der Waals surface area contributed by atoms with Crippen molar-refractivity contribution in [3.05, 3.63) is 18.2 Å². The lowest BCUT2D eigenvalue weighted by atomic mass is 10.0. The number of nitrogens with one attached hydrogen (secondary N) is 2. The summed E-state index contributed by atoms with van der Waals surface area (Å²) in [5.74, 6) is 1.80. The summed E-state index contributed by atoms with van der Waals surface area (Å²) in [6.07, 6.45) is 5.85. The van der Waals surface area contributed by atoms with E-state index in [1.807, 2.05) is 13.2 Å². The number of nitrogens with zero attached hydrogens (tertiary/aromatic N) is 1. The van der Waals surface area contributed by atoms with Gasteiger partial charge < -0.3 is 10.3 Å². The van der Waals surface area contributed by atoms with Gasteiger partial charge in [0.05, 0.1) is 0 Å². The molecule has 0 spiro atoms. The molecule has 0 aliphatic heterocycles. The molecule has 0 fully saturated rings. The van der Waals surface area contributed by atoms with Gasteiger partial charge >= 0.3 is 0 Å². The maximum absolute atomic E-state index is 4.22. The maximum atomic E-state index is 4.22. The molecule has 1 rings (SSSR count). The van der Waals surface area contributed by atoms with Gasteiger partial charge in [0, 0.05) is 24.9 Å². The zero-order valence-corrected chi connectivity index (χ0v) is 8.67. The van der Waals surface area contributed by atoms with Crippen LogP contribution in [0.4, 0.5) is 0 Å². The first-order valence-corrected chi connectivity index (χ1v) is 4.88. The second kappa shape index (κ2) is 5.02. The third-order valence-electron chi connectivity index (χ3n) is 2.16. The molecule has 13 heavy (non-hydrogen) atoms. The molecule has 1 atom stereocenters. The van der Waals surface area contributed by atoms with Crippen molar-refractivity contribution < 1.29 is 0 Å². The lowest BCUT2D eigenvalue weighted by molar-refractivity contribution is 0.436. The summed E-state index contributed by atoms with van der Waals surface area (Å²) < 4.78 is 0. The van der Waals surface area contributed by atoms with Crippen LogP contribution in [0.3, 0.4) is 0 Å². The van der Waals surface area contributed by atoms with Gasteiger partial charge in [0.25, 0.3) is 0 Å². The Morgan fingerprint density at radius 3 is 2.77 bits per heavy atom. The minimum atomic E-state index is 0.533. The van der Waals surface area contributed by atoms with E-state index in [2.05, 4.69) is 29.1 Å². The first-order chi connectivity index (χ1) is 6.22. The summed E-state index contributed by atoms with van der Waals surface area (Å²) in [7, 11) is 2.01. The fourth-order valence-electron chi connectivity index (χ4n) is 1.52. The van der Waals surface area contributed by atoms with Gasteiger partial charge in [-0.1, -0.05) is 13.8 Å². The molecule has 0 bridgehead atoms. The Kier molecular flexibility index (Phi) is 3.96. The minimum Gasteiger partial charge on any atom is -0.349 e. The summed E-state index contributed by atoms with van der Waals surface area (Å²) in [4.78, 5) is 7.34.